The molecule has 1 amide bonds. The number of nitrogens with one attached hydrogen (secondary N) is 1. The molecule has 5 nitrogen and oxygen atoms in total. The number of imidazole rings is 1. The zero-order valence-corrected chi connectivity index (χ0v) is 11.9. The smallest absolute Gasteiger partial charge is 0.227 e. The van der Waals surface area contributed by atoms with Gasteiger partial charge in [0.1, 0.15) is 0 Å². The highest BCUT2D eigenvalue weighted by atomic mass is 16.1. The van der Waals surface area contributed by atoms with Gasteiger partial charge in [0.15, 0.2) is 0 Å². The molecule has 0 saturated heterocycles. The Hall–Kier alpha value is -2.14. The molecule has 1 aromatic heterocycles. The first-order chi connectivity index (χ1) is 10.2. The molecule has 21 heavy (non-hydrogen) atoms. The highest BCUT2D eigenvalue weighted by Crippen LogP contribution is 2.25. The summed E-state index contributed by atoms with van der Waals surface area (Å²) in [4.78, 5) is 16.2. The van der Waals surface area contributed by atoms with Gasteiger partial charge in [-0.1, -0.05) is 12.1 Å². The van der Waals surface area contributed by atoms with Gasteiger partial charge in [-0.2, -0.15) is 0 Å². The molecule has 0 aliphatic heterocycles. The lowest BCUT2D eigenvalue weighted by Crippen LogP contribution is -2.23. The minimum atomic E-state index is 0.0531. The van der Waals surface area contributed by atoms with Gasteiger partial charge in [0.25, 0.3) is 0 Å². The molecule has 0 radical (unpaired) electrons. The number of anilines is 1. The van der Waals surface area contributed by atoms with Crippen LogP contribution in [0.5, 0.6) is 0 Å². The molecular formula is C16H20N4O. The van der Waals surface area contributed by atoms with Crippen LogP contribution >= 0.6 is 0 Å². The highest BCUT2D eigenvalue weighted by Gasteiger charge is 2.27. The van der Waals surface area contributed by atoms with E-state index in [4.69, 9.17) is 5.73 Å². The lowest BCUT2D eigenvalue weighted by atomic mass is 10.1. The zero-order chi connectivity index (χ0) is 14.7. The minimum Gasteiger partial charge on any atom is -0.333 e. The van der Waals surface area contributed by atoms with E-state index in [1.807, 2.05) is 35.0 Å². The maximum Gasteiger partial charge on any atom is 0.227 e. The van der Waals surface area contributed by atoms with Crippen LogP contribution in [0.1, 0.15) is 24.8 Å². The van der Waals surface area contributed by atoms with Crippen molar-refractivity contribution >= 4 is 11.6 Å². The third-order valence-electron chi connectivity index (χ3n) is 3.96. The van der Waals surface area contributed by atoms with Crippen LogP contribution in [-0.2, 0) is 11.3 Å². The van der Waals surface area contributed by atoms with Crippen LogP contribution in [0.3, 0.4) is 0 Å². The second-order valence-corrected chi connectivity index (χ2v) is 5.69. The maximum atomic E-state index is 12.2. The fourth-order valence-electron chi connectivity index (χ4n) is 2.84. The van der Waals surface area contributed by atoms with Crippen molar-refractivity contribution in [3.05, 3.63) is 48.5 Å². The molecule has 110 valence electrons. The molecule has 1 saturated carbocycles. The molecule has 1 aromatic carbocycles. The van der Waals surface area contributed by atoms with Gasteiger partial charge in [-0.05, 0) is 37.0 Å². The summed E-state index contributed by atoms with van der Waals surface area (Å²) in [6.45, 7) is 0.748. The molecule has 3 rings (SSSR count). The van der Waals surface area contributed by atoms with Crippen molar-refractivity contribution in [3.8, 4) is 0 Å². The molecular weight excluding hydrogens is 264 g/mol. The number of benzene rings is 1. The van der Waals surface area contributed by atoms with Gasteiger partial charge in [0, 0.05) is 36.6 Å². The molecule has 3 N–H and O–H groups in total. The third kappa shape index (κ3) is 3.49. The summed E-state index contributed by atoms with van der Waals surface area (Å²) in [6.07, 6.45) is 8.09. The van der Waals surface area contributed by atoms with E-state index in [1.165, 1.54) is 0 Å². The van der Waals surface area contributed by atoms with Crippen molar-refractivity contribution in [1.29, 1.82) is 0 Å². The van der Waals surface area contributed by atoms with Crippen molar-refractivity contribution in [2.45, 2.75) is 31.8 Å². The summed E-state index contributed by atoms with van der Waals surface area (Å²) in [5, 5.41) is 3.01. The molecule has 5 heteroatoms. The van der Waals surface area contributed by atoms with Gasteiger partial charge in [-0.3, -0.25) is 4.79 Å². The summed E-state index contributed by atoms with van der Waals surface area (Å²) < 4.78 is 2.00. The average Bonchev–Trinajstić information content (AvgIpc) is 3.11. The van der Waals surface area contributed by atoms with Crippen molar-refractivity contribution in [2.75, 3.05) is 5.32 Å². The van der Waals surface area contributed by atoms with E-state index in [-0.39, 0.29) is 17.9 Å². The van der Waals surface area contributed by atoms with Gasteiger partial charge < -0.3 is 15.6 Å². The monoisotopic (exact) mass is 284 g/mol. The zero-order valence-electron chi connectivity index (χ0n) is 11.9. The normalized spacial score (nSPS) is 21.4. The molecule has 0 spiro atoms. The van der Waals surface area contributed by atoms with Crippen LogP contribution in [0.2, 0.25) is 0 Å². The topological polar surface area (TPSA) is 72.9 Å². The quantitative estimate of drug-likeness (QED) is 0.902. The van der Waals surface area contributed by atoms with E-state index in [1.54, 1.807) is 12.5 Å². The molecule has 2 aromatic rings. The summed E-state index contributed by atoms with van der Waals surface area (Å²) >= 11 is 0. The van der Waals surface area contributed by atoms with E-state index >= 15 is 0 Å². The number of aromatic nitrogens is 2. The van der Waals surface area contributed by atoms with Gasteiger partial charge in [-0.15, -0.1) is 0 Å². The largest absolute Gasteiger partial charge is 0.333 e. The molecule has 1 heterocycles. The predicted octanol–water partition coefficient (Wildman–Crippen LogP) is 2.00. The highest BCUT2D eigenvalue weighted by molar-refractivity contribution is 5.92. The van der Waals surface area contributed by atoms with Gasteiger partial charge in [0.05, 0.1) is 6.33 Å². The molecule has 0 bridgehead atoms. The molecule has 2 unspecified atom stereocenters. The van der Waals surface area contributed by atoms with Crippen LogP contribution < -0.4 is 11.1 Å². The van der Waals surface area contributed by atoms with Crippen LogP contribution in [0.4, 0.5) is 5.69 Å². The van der Waals surface area contributed by atoms with E-state index in [0.29, 0.717) is 0 Å². The number of amides is 1. The molecule has 2 atom stereocenters. The second kappa shape index (κ2) is 6.10. The second-order valence-electron chi connectivity index (χ2n) is 5.69. The number of carbonyl (C=O) groups is 1. The van der Waals surface area contributed by atoms with Gasteiger partial charge >= 0.3 is 0 Å². The Kier molecular flexibility index (Phi) is 4.01. The Bertz CT molecular complexity index is 608. The van der Waals surface area contributed by atoms with Gasteiger partial charge in [0.2, 0.25) is 5.91 Å². The van der Waals surface area contributed by atoms with Crippen LogP contribution in [0, 0.1) is 5.92 Å². The molecule has 1 aliphatic rings. The Morgan fingerprint density at radius 3 is 3.05 bits per heavy atom. The van der Waals surface area contributed by atoms with E-state index in [9.17, 15) is 4.79 Å². The molecule has 1 aliphatic carbocycles. The van der Waals surface area contributed by atoms with Crippen LogP contribution in [-0.4, -0.2) is 21.5 Å². The first-order valence-electron chi connectivity index (χ1n) is 7.32. The summed E-state index contributed by atoms with van der Waals surface area (Å²) in [6, 6.07) is 8.11. The van der Waals surface area contributed by atoms with E-state index in [2.05, 4.69) is 10.3 Å². The lowest BCUT2D eigenvalue weighted by Gasteiger charge is -2.12. The first kappa shape index (κ1) is 13.8. The third-order valence-corrected chi connectivity index (χ3v) is 3.96. The van der Waals surface area contributed by atoms with Crippen LogP contribution in [0.15, 0.2) is 43.0 Å². The Morgan fingerprint density at radius 2 is 2.33 bits per heavy atom. The summed E-state index contributed by atoms with van der Waals surface area (Å²) in [7, 11) is 0. The number of carbonyl (C=O) groups excluding carboxylic acids is 1. The van der Waals surface area contributed by atoms with Crippen molar-refractivity contribution < 1.29 is 4.79 Å². The number of nitrogens with zero attached hydrogens (tertiary/aromatic N) is 2. The van der Waals surface area contributed by atoms with Crippen molar-refractivity contribution in [1.82, 2.24) is 9.55 Å². The van der Waals surface area contributed by atoms with Crippen molar-refractivity contribution in [3.63, 3.8) is 0 Å². The van der Waals surface area contributed by atoms with Crippen molar-refractivity contribution in [2.24, 2.45) is 11.7 Å². The number of hydrogen-bond donors (Lipinski definition) is 2. The fraction of sp³-hybridized carbons (Fsp3) is 0.375. The Morgan fingerprint density at radius 1 is 1.43 bits per heavy atom. The lowest BCUT2D eigenvalue weighted by molar-refractivity contribution is -0.119. The van der Waals surface area contributed by atoms with Gasteiger partial charge in [-0.25, -0.2) is 4.98 Å². The number of rotatable bonds is 4. The van der Waals surface area contributed by atoms with E-state index < -0.39 is 0 Å². The van der Waals surface area contributed by atoms with Crippen LogP contribution in [0.25, 0.3) is 0 Å². The van der Waals surface area contributed by atoms with E-state index in [0.717, 1.165) is 37.1 Å². The fourth-order valence-corrected chi connectivity index (χ4v) is 2.84. The minimum absolute atomic E-state index is 0.0531. The number of hydrogen-bond acceptors (Lipinski definition) is 3. The average molecular weight is 284 g/mol. The first-order valence-corrected chi connectivity index (χ1v) is 7.32. The summed E-state index contributed by atoms with van der Waals surface area (Å²) in [5.41, 5.74) is 7.85. The number of nitrogens with two attached hydrogens (primary N) is 1. The summed E-state index contributed by atoms with van der Waals surface area (Å²) in [5.74, 6) is 0.139. The Labute approximate surface area is 124 Å². The Balaban J connectivity index is 1.64. The predicted molar refractivity (Wildman–Crippen MR) is 81.7 cm³/mol. The maximum absolute atomic E-state index is 12.2. The SMILES string of the molecule is NC1CCC(C(=O)Nc2cccc(Cn3ccnc3)c2)C1. The molecule has 1 fully saturated rings. The standard InChI is InChI=1S/C16H20N4O/c17-14-5-4-13(9-14)16(21)19-15-3-1-2-12(8-15)10-20-7-6-18-11-20/h1-3,6-8,11,13-14H,4-5,9-10,17H2,(H,19,21).